The average Bonchev–Trinajstić information content (AvgIpc) is 4.09. The Labute approximate surface area is 347 Å². The zero-order valence-electron chi connectivity index (χ0n) is 34.0. The van der Waals surface area contributed by atoms with E-state index >= 15 is 0 Å². The molecule has 1 saturated heterocycles. The molecule has 1 aromatic carbocycles. The molecule has 59 heavy (non-hydrogen) atoms. The van der Waals surface area contributed by atoms with E-state index in [1.54, 1.807) is 39.8 Å². The van der Waals surface area contributed by atoms with Crippen LogP contribution in [0, 0.1) is 35.0 Å². The second-order valence-electron chi connectivity index (χ2n) is 18.6. The van der Waals surface area contributed by atoms with Gasteiger partial charge >= 0.3 is 6.09 Å². The van der Waals surface area contributed by atoms with Gasteiger partial charge in [0, 0.05) is 16.3 Å². The number of aromatic nitrogens is 2. The fourth-order valence-electron chi connectivity index (χ4n) is 9.63. The van der Waals surface area contributed by atoms with Gasteiger partial charge < -0.3 is 29.7 Å². The van der Waals surface area contributed by atoms with Crippen molar-refractivity contribution in [2.45, 2.75) is 133 Å². The highest BCUT2D eigenvalue weighted by Crippen LogP contribution is 2.58. The number of sulfonamides is 1. The van der Waals surface area contributed by atoms with Gasteiger partial charge in [-0.1, -0.05) is 40.5 Å². The largest absolute Gasteiger partial charge is 0.497 e. The molecule has 1 aromatic heterocycles. The molecule has 328 valence electrons. The lowest BCUT2D eigenvalue weighted by Gasteiger charge is -2.36. The van der Waals surface area contributed by atoms with Crippen LogP contribution in [0.3, 0.4) is 0 Å². The van der Waals surface area contributed by atoms with E-state index in [4.69, 9.17) is 24.2 Å². The van der Waals surface area contributed by atoms with Crippen LogP contribution in [0.5, 0.6) is 11.6 Å². The number of alkyl halides is 2. The van der Waals surface area contributed by atoms with Gasteiger partial charge in [-0.15, -0.1) is 0 Å². The van der Waals surface area contributed by atoms with Crippen molar-refractivity contribution in [3.05, 3.63) is 23.9 Å². The normalized spacial score (nSPS) is 33.6. The average molecular weight is 851 g/mol. The lowest BCUT2D eigenvalue weighted by Crippen LogP contribution is -2.61. The van der Waals surface area contributed by atoms with Crippen LogP contribution in [0.2, 0.25) is 0 Å². The Morgan fingerprint density at radius 2 is 1.80 bits per heavy atom. The van der Waals surface area contributed by atoms with Crippen molar-refractivity contribution in [2.24, 2.45) is 35.0 Å². The number of hydrogen-bond acceptors (Lipinski definition) is 11. The number of rotatable bonds is 7. The zero-order chi connectivity index (χ0) is 42.2. The molecule has 10 atom stereocenters. The molecule has 4 saturated carbocycles. The first-order valence-corrected chi connectivity index (χ1v) is 22.4. The minimum Gasteiger partial charge on any atom is -0.497 e. The van der Waals surface area contributed by atoms with Gasteiger partial charge in [-0.05, 0) is 86.7 Å². The summed E-state index contributed by atoms with van der Waals surface area (Å²) in [6.07, 6.45) is 1.07. The number of carbonyl (C=O) groups excluding carboxylic acids is 4. The van der Waals surface area contributed by atoms with Gasteiger partial charge in [-0.3, -0.25) is 19.1 Å². The van der Waals surface area contributed by atoms with Crippen molar-refractivity contribution in [3.63, 3.8) is 0 Å². The van der Waals surface area contributed by atoms with Gasteiger partial charge in [-0.25, -0.2) is 32.0 Å². The number of nitrogens with one attached hydrogen (secondary N) is 3. The van der Waals surface area contributed by atoms with Crippen molar-refractivity contribution in [2.75, 3.05) is 13.7 Å². The fourth-order valence-corrected chi connectivity index (χ4v) is 11.0. The zero-order valence-corrected chi connectivity index (χ0v) is 34.9. The van der Waals surface area contributed by atoms with E-state index in [0.29, 0.717) is 53.6 Å². The summed E-state index contributed by atoms with van der Waals surface area (Å²) in [7, 11) is -2.60. The summed E-state index contributed by atoms with van der Waals surface area (Å²) in [6, 6.07) is 2.73. The molecule has 3 N–H and O–H groups in total. The summed E-state index contributed by atoms with van der Waals surface area (Å²) in [5.74, 6) is -3.33. The topological polar surface area (TPSA) is 195 Å². The van der Waals surface area contributed by atoms with Crippen LogP contribution in [0.4, 0.5) is 13.6 Å². The molecular formula is C41H60F2N6O9S. The number of benzene rings is 1. The van der Waals surface area contributed by atoms with E-state index in [-0.39, 0.29) is 28.7 Å². The maximum absolute atomic E-state index is 14.9. The Morgan fingerprint density at radius 3 is 2.47 bits per heavy atom. The fraction of sp³-hybridized carbons (Fsp3) is 0.707. The van der Waals surface area contributed by atoms with Crippen LogP contribution in [0.15, 0.2) is 18.2 Å². The summed E-state index contributed by atoms with van der Waals surface area (Å²) in [5.41, 5.74) is -1.41. The number of methoxy groups -OCH3 is 1. The molecule has 4 amide bonds. The van der Waals surface area contributed by atoms with Crippen LogP contribution in [-0.4, -0.2) is 102 Å². The first-order chi connectivity index (χ1) is 27.9. The summed E-state index contributed by atoms with van der Waals surface area (Å²) in [6.45, 7) is 6.78. The van der Waals surface area contributed by atoms with E-state index in [9.17, 15) is 36.4 Å². The summed E-state index contributed by atoms with van der Waals surface area (Å²) < 4.78 is 74.2. The van der Waals surface area contributed by atoms with E-state index < -0.39 is 92.9 Å². The second kappa shape index (κ2) is 15.3. The first-order valence-electron chi connectivity index (χ1n) is 20.9. The predicted octanol–water partition coefficient (Wildman–Crippen LogP) is 5.00. The van der Waals surface area contributed by atoms with Crippen molar-refractivity contribution in [3.8, 4) is 11.6 Å². The molecule has 5 fully saturated rings. The van der Waals surface area contributed by atoms with Gasteiger partial charge in [0.25, 0.3) is 5.91 Å². The predicted molar refractivity (Wildman–Crippen MR) is 215 cm³/mol. The summed E-state index contributed by atoms with van der Waals surface area (Å²) >= 11 is 0. The number of carbonyl (C=O) groups is 4. The molecule has 0 spiro atoms. The lowest BCUT2D eigenvalue weighted by atomic mass is 9.85. The highest BCUT2D eigenvalue weighted by molar-refractivity contribution is 7.91. The first kappa shape index (κ1) is 41.4. The molecule has 4 aliphatic carbocycles. The smallest absolute Gasteiger partial charge is 0.408 e. The Morgan fingerprint density at radius 1 is 1.03 bits per heavy atom. The third kappa shape index (κ3) is 8.13. The van der Waals surface area contributed by atoms with Gasteiger partial charge in [0.05, 0.1) is 35.9 Å². The number of halogens is 2. The second-order valence-corrected chi connectivity index (χ2v) is 20.6. The Kier molecular flexibility index (Phi) is 10.7. The quantitative estimate of drug-likeness (QED) is 0.339. The van der Waals surface area contributed by atoms with Gasteiger partial charge in [-0.2, -0.15) is 0 Å². The molecule has 8 rings (SSSR count). The standard InChI is InChI=1S/C41H54F2N6O9S.3H2/c1-20-31-19-49(32(20)35(50)47-41(18-26(41)34(42)43)38(52)48-59(54,55)23-12-13-23)37(51)33(40(2,3)4)46-39(53)58-30-16-21-15-25(21)24(30)9-7-6-8-10-28-36(57-31)45-29-17-22(56-5)11-14-27(29)44-28;;;/h11,14,17,20-21,23-26,30-34H,6-10,12-13,15-16,18-19H2,1-5H3,(H,46,53)(H,47,50)(H,48,52);3*1H/t20-,21+,24-,25+,26+,30-,31+,32+,33-,41-;;;/m1.../s1. The molecule has 18 heteroatoms. The summed E-state index contributed by atoms with van der Waals surface area (Å²) in [4.78, 5) is 67.7. The van der Waals surface area contributed by atoms with Crippen LogP contribution in [0.1, 0.15) is 95.5 Å². The van der Waals surface area contributed by atoms with Crippen LogP contribution >= 0.6 is 0 Å². The highest BCUT2D eigenvalue weighted by atomic mass is 32.2. The maximum Gasteiger partial charge on any atom is 0.408 e. The van der Waals surface area contributed by atoms with Crippen molar-refractivity contribution >= 4 is 44.9 Å². The molecule has 2 aliphatic heterocycles. The van der Waals surface area contributed by atoms with E-state index in [1.807, 2.05) is 10.8 Å². The van der Waals surface area contributed by atoms with E-state index in [1.165, 1.54) is 12.0 Å². The summed E-state index contributed by atoms with van der Waals surface area (Å²) in [5, 5.41) is 4.48. The maximum atomic E-state index is 14.9. The Bertz CT molecular complexity index is 2150. The third-order valence-electron chi connectivity index (χ3n) is 13.4. The number of ether oxygens (including phenoxy) is 3. The monoisotopic (exact) mass is 850 g/mol. The van der Waals surface area contributed by atoms with E-state index in [0.717, 1.165) is 38.5 Å². The highest BCUT2D eigenvalue weighted by Gasteiger charge is 2.67. The molecule has 0 radical (unpaired) electrons. The number of nitrogens with zero attached hydrogens (tertiary/aromatic N) is 3. The van der Waals surface area contributed by atoms with Crippen molar-refractivity contribution in [1.29, 1.82) is 0 Å². The number of alkyl carbamates (subject to hydrolysis) is 1. The Hall–Kier alpha value is -4.35. The van der Waals surface area contributed by atoms with Gasteiger partial charge in [0.15, 0.2) is 0 Å². The molecule has 0 unspecified atom stereocenters. The Balaban J connectivity index is 0.00000242. The minimum absolute atomic E-state index is 0. The number of aryl methyl sites for hydroxylation is 1. The molecule has 3 heterocycles. The van der Waals surface area contributed by atoms with Crippen molar-refractivity contribution < 1.29 is 54.9 Å². The number of amides is 4. The SMILES string of the molecule is COc1ccc2nc3c(nc2c1)O[C@H]1CN(C(=O)[C@H](C(C)(C)C)NC(=O)O[C@@H]2C[C@@H]4C[C@@H]4[C@H]2CCCCC3)[C@H](C(=O)N[C@]2(C(=O)NS(=O)(=O)C3CC3)C[C@H]2C(F)F)[C@@H]1C.[HH].[HH].[HH]. The molecular weight excluding hydrogens is 791 g/mol. The lowest BCUT2D eigenvalue weighted by molar-refractivity contribution is -0.143. The van der Waals surface area contributed by atoms with Crippen molar-refractivity contribution in [1.82, 2.24) is 30.2 Å². The molecule has 2 aromatic rings. The van der Waals surface area contributed by atoms with Gasteiger partial charge in [0.2, 0.25) is 34.1 Å². The van der Waals surface area contributed by atoms with Crippen LogP contribution < -0.4 is 24.8 Å². The van der Waals surface area contributed by atoms with E-state index in [2.05, 4.69) is 10.6 Å². The molecule has 15 nitrogen and oxygen atoms in total. The van der Waals surface area contributed by atoms with Gasteiger partial charge in [0.1, 0.15) is 41.3 Å². The number of fused-ring (bicyclic) bond motifs is 7. The molecule has 2 bridgehead atoms. The van der Waals surface area contributed by atoms with Crippen LogP contribution in [-0.2, 0) is 35.6 Å². The minimum atomic E-state index is -4.14. The molecule has 6 aliphatic rings. The number of hydrogen-bond donors (Lipinski definition) is 3. The van der Waals surface area contributed by atoms with Crippen LogP contribution in [0.25, 0.3) is 11.0 Å². The third-order valence-corrected chi connectivity index (χ3v) is 15.2.